The van der Waals surface area contributed by atoms with Gasteiger partial charge in [-0.15, -0.1) is 0 Å². The zero-order chi connectivity index (χ0) is 17.1. The second kappa shape index (κ2) is 11.4. The molecule has 0 saturated carbocycles. The molecule has 130 valence electrons. The van der Waals surface area contributed by atoms with Crippen molar-refractivity contribution < 1.29 is 19.1 Å². The third-order valence-corrected chi connectivity index (χ3v) is 3.70. The van der Waals surface area contributed by atoms with E-state index in [4.69, 9.17) is 9.47 Å². The summed E-state index contributed by atoms with van der Waals surface area (Å²) in [5.41, 5.74) is 0. The molecule has 0 spiro atoms. The Bertz CT molecular complexity index is 334. The number of ether oxygens (including phenoxy) is 2. The van der Waals surface area contributed by atoms with Crippen molar-refractivity contribution in [2.75, 3.05) is 33.9 Å². The van der Waals surface area contributed by atoms with E-state index in [0.717, 1.165) is 19.4 Å². The highest BCUT2D eigenvalue weighted by Crippen LogP contribution is 2.18. The summed E-state index contributed by atoms with van der Waals surface area (Å²) in [4.78, 5) is 25.7. The second-order valence-electron chi connectivity index (χ2n) is 5.37. The number of hydrogen-bond acceptors (Lipinski definition) is 4. The van der Waals surface area contributed by atoms with Crippen LogP contribution in [0.1, 0.15) is 40.5 Å². The number of carbonyl (C=O) groups is 2. The number of piperidine rings is 1. The van der Waals surface area contributed by atoms with Crippen LogP contribution in [0.4, 0.5) is 0 Å². The quantitative estimate of drug-likeness (QED) is 0.805. The third kappa shape index (κ3) is 6.75. The molecule has 1 heterocycles. The van der Waals surface area contributed by atoms with Crippen LogP contribution in [0.2, 0.25) is 0 Å². The average Bonchev–Trinajstić information content (AvgIpc) is 2.53. The highest BCUT2D eigenvalue weighted by Gasteiger charge is 2.32. The molecule has 1 fully saturated rings. The van der Waals surface area contributed by atoms with Gasteiger partial charge >= 0.3 is 0 Å². The number of rotatable bonds is 6. The first-order chi connectivity index (χ1) is 10.5. The predicted octanol–water partition coefficient (Wildman–Crippen LogP) is 1.44. The highest BCUT2D eigenvalue weighted by molar-refractivity contribution is 5.87. The van der Waals surface area contributed by atoms with Crippen LogP contribution in [-0.4, -0.2) is 62.8 Å². The third-order valence-electron chi connectivity index (χ3n) is 3.70. The molecule has 0 aromatic carbocycles. The standard InChI is InChI=1S/C14H26N2O4.C2H6/c1-10(20-4)13(15-11(2)17)14(18)16-7-5-6-12(8-16)9-19-3;1-2/h10,12-13H,5-9H2,1-4H3,(H,15,17);1-2H3. The van der Waals surface area contributed by atoms with Gasteiger partial charge < -0.3 is 19.7 Å². The van der Waals surface area contributed by atoms with Gasteiger partial charge in [0.15, 0.2) is 0 Å². The van der Waals surface area contributed by atoms with Crippen LogP contribution in [0.5, 0.6) is 0 Å². The number of nitrogens with zero attached hydrogens (tertiary/aromatic N) is 1. The monoisotopic (exact) mass is 316 g/mol. The van der Waals surface area contributed by atoms with Crippen LogP contribution in [0.15, 0.2) is 0 Å². The first-order valence-electron chi connectivity index (χ1n) is 8.07. The van der Waals surface area contributed by atoms with E-state index in [-0.39, 0.29) is 17.9 Å². The van der Waals surface area contributed by atoms with Crippen molar-refractivity contribution in [2.45, 2.75) is 52.7 Å². The molecule has 3 atom stereocenters. The lowest BCUT2D eigenvalue weighted by atomic mass is 9.97. The molecule has 1 aliphatic rings. The van der Waals surface area contributed by atoms with E-state index in [2.05, 4.69) is 5.32 Å². The van der Waals surface area contributed by atoms with Gasteiger partial charge in [0.2, 0.25) is 11.8 Å². The number of carbonyl (C=O) groups excluding carboxylic acids is 2. The Hall–Kier alpha value is -1.14. The molecular weight excluding hydrogens is 284 g/mol. The van der Waals surface area contributed by atoms with Crippen molar-refractivity contribution in [2.24, 2.45) is 5.92 Å². The van der Waals surface area contributed by atoms with Crippen molar-refractivity contribution in [1.29, 1.82) is 0 Å². The maximum atomic E-state index is 12.6. The minimum Gasteiger partial charge on any atom is -0.384 e. The molecule has 0 radical (unpaired) electrons. The molecule has 3 unspecified atom stereocenters. The first-order valence-corrected chi connectivity index (χ1v) is 8.07. The Morgan fingerprint density at radius 1 is 1.32 bits per heavy atom. The molecule has 1 aliphatic heterocycles. The predicted molar refractivity (Wildman–Crippen MR) is 86.6 cm³/mol. The Labute approximate surface area is 134 Å². The van der Waals surface area contributed by atoms with Crippen molar-refractivity contribution in [1.82, 2.24) is 10.2 Å². The molecule has 6 heteroatoms. The van der Waals surface area contributed by atoms with Gasteiger partial charge in [-0.1, -0.05) is 13.8 Å². The molecular formula is C16H32N2O4. The van der Waals surface area contributed by atoms with Crippen molar-refractivity contribution in [3.63, 3.8) is 0 Å². The van der Waals surface area contributed by atoms with Gasteiger partial charge in [-0.25, -0.2) is 0 Å². The van der Waals surface area contributed by atoms with Gasteiger partial charge in [0.25, 0.3) is 0 Å². The number of methoxy groups -OCH3 is 2. The number of amides is 2. The number of likely N-dealkylation sites (tertiary alicyclic amines) is 1. The summed E-state index contributed by atoms with van der Waals surface area (Å²) >= 11 is 0. The van der Waals surface area contributed by atoms with Crippen molar-refractivity contribution >= 4 is 11.8 Å². The van der Waals surface area contributed by atoms with Crippen LogP contribution in [0.3, 0.4) is 0 Å². The van der Waals surface area contributed by atoms with E-state index in [1.54, 1.807) is 14.0 Å². The molecule has 1 saturated heterocycles. The van der Waals surface area contributed by atoms with Crippen LogP contribution >= 0.6 is 0 Å². The normalized spacial score (nSPS) is 20.5. The molecule has 1 rings (SSSR count). The largest absolute Gasteiger partial charge is 0.384 e. The van der Waals surface area contributed by atoms with Crippen LogP contribution in [0, 0.1) is 5.92 Å². The lowest BCUT2D eigenvalue weighted by Crippen LogP contribution is -2.55. The minimum absolute atomic E-state index is 0.0737. The molecule has 0 bridgehead atoms. The van der Waals surface area contributed by atoms with Crippen molar-refractivity contribution in [3.05, 3.63) is 0 Å². The smallest absolute Gasteiger partial charge is 0.247 e. The summed E-state index contributed by atoms with van der Waals surface area (Å²) < 4.78 is 10.4. The van der Waals surface area contributed by atoms with E-state index >= 15 is 0 Å². The van der Waals surface area contributed by atoms with Gasteiger partial charge in [-0.05, 0) is 25.7 Å². The highest BCUT2D eigenvalue weighted by atomic mass is 16.5. The fourth-order valence-electron chi connectivity index (χ4n) is 2.57. The maximum Gasteiger partial charge on any atom is 0.247 e. The fourth-order valence-corrected chi connectivity index (χ4v) is 2.57. The van der Waals surface area contributed by atoms with Gasteiger partial charge in [0.1, 0.15) is 6.04 Å². The Kier molecular flexibility index (Phi) is 10.8. The summed E-state index contributed by atoms with van der Waals surface area (Å²) in [7, 11) is 3.21. The lowest BCUT2D eigenvalue weighted by molar-refractivity contribution is -0.141. The van der Waals surface area contributed by atoms with Crippen LogP contribution < -0.4 is 5.32 Å². The molecule has 22 heavy (non-hydrogen) atoms. The lowest BCUT2D eigenvalue weighted by Gasteiger charge is -2.36. The summed E-state index contributed by atoms with van der Waals surface area (Å²) in [6, 6.07) is -0.626. The molecule has 0 aromatic rings. The summed E-state index contributed by atoms with van der Waals surface area (Å²) in [6.45, 7) is 9.26. The average molecular weight is 316 g/mol. The van der Waals surface area contributed by atoms with Gasteiger partial charge in [0, 0.05) is 34.2 Å². The molecule has 0 aromatic heterocycles. The molecule has 0 aliphatic carbocycles. The Morgan fingerprint density at radius 3 is 2.45 bits per heavy atom. The Morgan fingerprint density at radius 2 is 1.95 bits per heavy atom. The molecule has 6 nitrogen and oxygen atoms in total. The maximum absolute atomic E-state index is 12.6. The molecule has 2 amide bonds. The zero-order valence-electron chi connectivity index (χ0n) is 14.8. The summed E-state index contributed by atoms with van der Waals surface area (Å²) in [5, 5.41) is 2.69. The van der Waals surface area contributed by atoms with Gasteiger partial charge in [0.05, 0.1) is 12.7 Å². The summed E-state index contributed by atoms with van der Waals surface area (Å²) in [6.07, 6.45) is 1.69. The zero-order valence-corrected chi connectivity index (χ0v) is 14.8. The second-order valence-corrected chi connectivity index (χ2v) is 5.37. The topological polar surface area (TPSA) is 67.9 Å². The van der Waals surface area contributed by atoms with Crippen LogP contribution in [-0.2, 0) is 19.1 Å². The number of nitrogens with one attached hydrogen (secondary N) is 1. The van der Waals surface area contributed by atoms with E-state index < -0.39 is 6.04 Å². The Balaban J connectivity index is 0.00000211. The SMILES string of the molecule is CC.COCC1CCCN(C(=O)C(NC(C)=O)C(C)OC)C1. The van der Waals surface area contributed by atoms with Gasteiger partial charge in [-0.2, -0.15) is 0 Å². The number of hydrogen-bond donors (Lipinski definition) is 1. The van der Waals surface area contributed by atoms with Gasteiger partial charge in [-0.3, -0.25) is 9.59 Å². The van der Waals surface area contributed by atoms with E-state index in [9.17, 15) is 9.59 Å². The summed E-state index contributed by atoms with van der Waals surface area (Å²) in [5.74, 6) is 0.0709. The van der Waals surface area contributed by atoms with E-state index in [1.165, 1.54) is 14.0 Å². The van der Waals surface area contributed by atoms with Crippen molar-refractivity contribution in [3.8, 4) is 0 Å². The molecule has 1 N–H and O–H groups in total. The van der Waals surface area contributed by atoms with E-state index in [1.807, 2.05) is 18.7 Å². The minimum atomic E-state index is -0.626. The first kappa shape index (κ1) is 20.9. The fraction of sp³-hybridized carbons (Fsp3) is 0.875. The van der Waals surface area contributed by atoms with Crippen LogP contribution in [0.25, 0.3) is 0 Å². The van der Waals surface area contributed by atoms with E-state index in [0.29, 0.717) is 19.1 Å².